The molecule has 0 radical (unpaired) electrons. The van der Waals surface area contributed by atoms with Gasteiger partial charge in [0.2, 0.25) is 0 Å². The van der Waals surface area contributed by atoms with E-state index in [0.29, 0.717) is 19.3 Å². The zero-order valence-corrected chi connectivity index (χ0v) is 50.1. The first kappa shape index (κ1) is 73.2. The number of ether oxygens (including phenoxy) is 5. The second-order valence-corrected chi connectivity index (χ2v) is 21.7. The van der Waals surface area contributed by atoms with Crippen LogP contribution in [0.3, 0.4) is 0 Å². The van der Waals surface area contributed by atoms with E-state index >= 15 is 0 Å². The molecule has 0 saturated carbocycles. The minimum absolute atomic E-state index is 0.0411. The van der Waals surface area contributed by atoms with Crippen molar-refractivity contribution in [3.63, 3.8) is 0 Å². The predicted molar refractivity (Wildman–Crippen MR) is 322 cm³/mol. The Kier molecular flexibility index (Phi) is 50.7. The number of carboxylic acid groups (broad SMARTS) is 1. The van der Waals surface area contributed by atoms with Gasteiger partial charge in [0.25, 0.3) is 0 Å². The Morgan fingerprint density at radius 1 is 0.418 bits per heavy atom. The number of rotatable bonds is 54. The topological polar surface area (TPSA) is 175 Å². The molecule has 1 rings (SSSR count). The van der Waals surface area contributed by atoms with Crippen LogP contribution in [0.25, 0.3) is 0 Å². The zero-order chi connectivity index (χ0) is 57.5. The Bertz CT molecular complexity index is 1650. The molecular formula is C67H114O12. The Balaban J connectivity index is 2.68. The second kappa shape index (κ2) is 54.7. The van der Waals surface area contributed by atoms with Crippen molar-refractivity contribution in [1.82, 2.24) is 0 Å². The Morgan fingerprint density at radius 3 is 1.24 bits per heavy atom. The average Bonchev–Trinajstić information content (AvgIpc) is 3.46. The van der Waals surface area contributed by atoms with Gasteiger partial charge in [0.15, 0.2) is 24.6 Å². The number of carbonyl (C=O) groups is 4. The quantitative estimate of drug-likeness (QED) is 0.0228. The number of aliphatic hydroxyl groups is 2. The predicted octanol–water partition coefficient (Wildman–Crippen LogP) is 16.9. The maximum atomic E-state index is 13.2. The van der Waals surface area contributed by atoms with Crippen molar-refractivity contribution < 1.29 is 58.2 Å². The first-order valence-electron chi connectivity index (χ1n) is 31.9. The molecule has 1 aliphatic rings. The van der Waals surface area contributed by atoms with Gasteiger partial charge in [-0.25, -0.2) is 4.79 Å². The van der Waals surface area contributed by atoms with E-state index in [9.17, 15) is 34.5 Å². The summed E-state index contributed by atoms with van der Waals surface area (Å²) in [4.78, 5) is 51.3. The first-order valence-corrected chi connectivity index (χ1v) is 31.9. The van der Waals surface area contributed by atoms with Crippen LogP contribution in [0.2, 0.25) is 0 Å². The van der Waals surface area contributed by atoms with Gasteiger partial charge in [-0.05, 0) is 109 Å². The van der Waals surface area contributed by atoms with E-state index in [1.165, 1.54) is 83.5 Å². The van der Waals surface area contributed by atoms with Gasteiger partial charge < -0.3 is 39.0 Å². The molecule has 0 spiro atoms. The summed E-state index contributed by atoms with van der Waals surface area (Å²) in [6.07, 6.45) is 57.2. The lowest BCUT2D eigenvalue weighted by Gasteiger charge is -2.40. The number of allylic oxidation sites excluding steroid dienone is 12. The summed E-state index contributed by atoms with van der Waals surface area (Å²) in [6.45, 7) is 5.89. The zero-order valence-electron chi connectivity index (χ0n) is 50.1. The van der Waals surface area contributed by atoms with E-state index in [2.05, 4.69) is 93.7 Å². The molecule has 12 heteroatoms. The molecule has 1 aliphatic heterocycles. The number of unbranched alkanes of at least 4 members (excludes halogenated alkanes) is 28. The second-order valence-electron chi connectivity index (χ2n) is 21.7. The van der Waals surface area contributed by atoms with Crippen LogP contribution in [0.15, 0.2) is 72.9 Å². The van der Waals surface area contributed by atoms with E-state index in [0.717, 1.165) is 135 Å². The van der Waals surface area contributed by atoms with Gasteiger partial charge in [-0.2, -0.15) is 0 Å². The SMILES string of the molecule is CCC/C=C\C/C=C\CCCCCCCC(=O)OC1C(OCC(COC(=O)CCCCCCCC/C=C\C/C=C\C/C=C\CCCCC)OC(=O)CCCCCCCCC/C=C\CCCCCCCC)OC(C(=O)O)C(O)C1O. The Labute approximate surface area is 480 Å². The van der Waals surface area contributed by atoms with Crippen LogP contribution >= 0.6 is 0 Å². The molecule has 0 bridgehead atoms. The highest BCUT2D eigenvalue weighted by Gasteiger charge is 2.50. The highest BCUT2D eigenvalue weighted by atomic mass is 16.7. The third-order valence-corrected chi connectivity index (χ3v) is 14.2. The Morgan fingerprint density at radius 2 is 0.785 bits per heavy atom. The molecule has 12 nitrogen and oxygen atoms in total. The summed E-state index contributed by atoms with van der Waals surface area (Å²) in [5, 5.41) is 31.5. The van der Waals surface area contributed by atoms with Gasteiger partial charge in [0.05, 0.1) is 6.61 Å². The molecule has 0 aromatic heterocycles. The van der Waals surface area contributed by atoms with Crippen molar-refractivity contribution >= 4 is 23.9 Å². The summed E-state index contributed by atoms with van der Waals surface area (Å²) in [5.41, 5.74) is 0. The van der Waals surface area contributed by atoms with Crippen molar-refractivity contribution in [2.24, 2.45) is 0 Å². The number of aliphatic hydroxyl groups excluding tert-OH is 2. The van der Waals surface area contributed by atoms with E-state index < -0.39 is 67.3 Å². The Hall–Kier alpha value is -3.84. The van der Waals surface area contributed by atoms with Crippen molar-refractivity contribution in [2.75, 3.05) is 13.2 Å². The van der Waals surface area contributed by atoms with E-state index in [-0.39, 0.29) is 25.9 Å². The molecule has 0 aromatic rings. The summed E-state index contributed by atoms with van der Waals surface area (Å²) in [5.74, 6) is -3.15. The van der Waals surface area contributed by atoms with Crippen LogP contribution in [0.1, 0.15) is 278 Å². The fraction of sp³-hybridized carbons (Fsp3) is 0.761. The number of hydrogen-bond acceptors (Lipinski definition) is 11. The summed E-state index contributed by atoms with van der Waals surface area (Å²) in [6, 6.07) is 0. The lowest BCUT2D eigenvalue weighted by atomic mass is 9.98. The van der Waals surface area contributed by atoms with Gasteiger partial charge in [-0.15, -0.1) is 0 Å². The maximum Gasteiger partial charge on any atom is 0.335 e. The molecule has 1 saturated heterocycles. The molecule has 0 aromatic carbocycles. The molecule has 1 heterocycles. The molecule has 3 N–H and O–H groups in total. The molecule has 6 atom stereocenters. The van der Waals surface area contributed by atoms with Crippen LogP contribution in [0.4, 0.5) is 0 Å². The number of carbonyl (C=O) groups excluding carboxylic acids is 3. The highest BCUT2D eigenvalue weighted by molar-refractivity contribution is 5.74. The van der Waals surface area contributed by atoms with Crippen LogP contribution in [-0.4, -0.2) is 89.2 Å². The van der Waals surface area contributed by atoms with Gasteiger partial charge >= 0.3 is 23.9 Å². The first-order chi connectivity index (χ1) is 38.6. The van der Waals surface area contributed by atoms with E-state index in [1.807, 2.05) is 0 Å². The maximum absolute atomic E-state index is 13.2. The molecular weight excluding hydrogens is 997 g/mol. The van der Waals surface area contributed by atoms with Crippen molar-refractivity contribution in [3.05, 3.63) is 72.9 Å². The average molecular weight is 1110 g/mol. The number of carboxylic acids is 1. The minimum Gasteiger partial charge on any atom is -0.479 e. The lowest BCUT2D eigenvalue weighted by molar-refractivity contribution is -0.301. The van der Waals surface area contributed by atoms with Crippen molar-refractivity contribution in [3.8, 4) is 0 Å². The lowest BCUT2D eigenvalue weighted by Crippen LogP contribution is -2.61. The summed E-state index contributed by atoms with van der Waals surface area (Å²) >= 11 is 0. The number of esters is 3. The third kappa shape index (κ3) is 44.5. The number of hydrogen-bond donors (Lipinski definition) is 3. The minimum atomic E-state index is -1.91. The van der Waals surface area contributed by atoms with Gasteiger partial charge in [-0.1, -0.05) is 222 Å². The molecule has 454 valence electrons. The third-order valence-electron chi connectivity index (χ3n) is 14.2. The van der Waals surface area contributed by atoms with Gasteiger partial charge in [0.1, 0.15) is 18.8 Å². The molecule has 0 amide bonds. The van der Waals surface area contributed by atoms with Gasteiger partial charge in [0, 0.05) is 19.3 Å². The van der Waals surface area contributed by atoms with E-state index in [1.54, 1.807) is 0 Å². The fourth-order valence-corrected chi connectivity index (χ4v) is 9.29. The summed E-state index contributed by atoms with van der Waals surface area (Å²) in [7, 11) is 0. The standard InChI is InChI=1S/C67H114O12/c1-4-7-10-13-16-19-22-25-27-29-30-32-33-36-38-41-44-47-50-53-59(68)75-56-58(77-60(69)54-51-48-45-42-40-37-34-31-28-26-23-20-17-14-11-8-5-2)57-76-67-65(63(72)62(71)64(79-67)66(73)74)78-61(70)55-52-49-46-43-39-35-24-21-18-15-12-9-6-3/h12,15-16,19,21,24-28,30,32,58,62-65,67,71-72H,4-11,13-14,17-18,20,22-23,29,31,33-57H2,1-3H3,(H,73,74)/b15-12-,19-16-,24-21-,27-25-,28-26-,32-30-. The van der Waals surface area contributed by atoms with Crippen molar-refractivity contribution in [1.29, 1.82) is 0 Å². The van der Waals surface area contributed by atoms with Crippen LogP contribution < -0.4 is 0 Å². The monoisotopic (exact) mass is 1110 g/mol. The highest BCUT2D eigenvalue weighted by Crippen LogP contribution is 2.26. The van der Waals surface area contributed by atoms with Gasteiger partial charge in [-0.3, -0.25) is 14.4 Å². The normalized spacial score (nSPS) is 18.3. The van der Waals surface area contributed by atoms with Crippen LogP contribution in [-0.2, 0) is 42.9 Å². The molecule has 6 unspecified atom stereocenters. The van der Waals surface area contributed by atoms with Crippen LogP contribution in [0, 0.1) is 0 Å². The van der Waals surface area contributed by atoms with Crippen molar-refractivity contribution in [2.45, 2.75) is 314 Å². The summed E-state index contributed by atoms with van der Waals surface area (Å²) < 4.78 is 28.5. The molecule has 1 fully saturated rings. The van der Waals surface area contributed by atoms with Crippen LogP contribution in [0.5, 0.6) is 0 Å². The smallest absolute Gasteiger partial charge is 0.335 e. The number of aliphatic carboxylic acids is 1. The molecule has 0 aliphatic carbocycles. The molecule has 79 heavy (non-hydrogen) atoms. The fourth-order valence-electron chi connectivity index (χ4n) is 9.29. The van der Waals surface area contributed by atoms with E-state index in [4.69, 9.17) is 23.7 Å². The largest absolute Gasteiger partial charge is 0.479 e.